The lowest BCUT2D eigenvalue weighted by Crippen LogP contribution is -2.37. The third-order valence-electron chi connectivity index (χ3n) is 2.79. The van der Waals surface area contributed by atoms with Crippen LogP contribution in [-0.4, -0.2) is 37.8 Å². The van der Waals surface area contributed by atoms with E-state index in [2.05, 4.69) is 11.9 Å². The van der Waals surface area contributed by atoms with Crippen molar-refractivity contribution in [2.24, 2.45) is 0 Å². The second-order valence-corrected chi connectivity index (χ2v) is 5.04. The van der Waals surface area contributed by atoms with Gasteiger partial charge in [0.25, 0.3) is 0 Å². The van der Waals surface area contributed by atoms with Crippen LogP contribution in [0.5, 0.6) is 11.5 Å². The molecule has 4 nitrogen and oxygen atoms in total. The first kappa shape index (κ1) is 16.3. The van der Waals surface area contributed by atoms with Crippen molar-refractivity contribution in [1.82, 2.24) is 10.2 Å². The van der Waals surface area contributed by atoms with Crippen LogP contribution < -0.4 is 14.8 Å². The normalized spacial score (nSPS) is 9.80. The molecule has 0 atom stereocenters. The van der Waals surface area contributed by atoms with E-state index in [0.717, 1.165) is 22.6 Å². The van der Waals surface area contributed by atoms with Crippen LogP contribution in [0.1, 0.15) is 12.5 Å². The highest BCUT2D eigenvalue weighted by Gasteiger charge is 2.10. The molecule has 0 radical (unpaired) electrons. The first-order chi connectivity index (χ1) is 9.47. The molecule has 1 aromatic rings. The van der Waals surface area contributed by atoms with Gasteiger partial charge in [0.1, 0.15) is 11.5 Å². The molecule has 1 rings (SSSR count). The zero-order valence-corrected chi connectivity index (χ0v) is 13.3. The van der Waals surface area contributed by atoms with E-state index < -0.39 is 0 Å². The first-order valence-electron chi connectivity index (χ1n) is 6.32. The Morgan fingerprint density at radius 3 is 2.60 bits per heavy atom. The maximum atomic E-state index is 5.38. The molecule has 0 heterocycles. The molecule has 0 saturated carbocycles. The minimum Gasteiger partial charge on any atom is -0.497 e. The van der Waals surface area contributed by atoms with Crippen molar-refractivity contribution in [3.63, 3.8) is 0 Å². The zero-order chi connectivity index (χ0) is 15.1. The maximum Gasteiger partial charge on any atom is 0.169 e. The Labute approximate surface area is 126 Å². The monoisotopic (exact) mass is 294 g/mol. The van der Waals surface area contributed by atoms with Crippen LogP contribution in [0.15, 0.2) is 30.4 Å². The second kappa shape index (κ2) is 7.75. The van der Waals surface area contributed by atoms with E-state index in [0.29, 0.717) is 18.2 Å². The Hall–Kier alpha value is -1.75. The van der Waals surface area contributed by atoms with Crippen molar-refractivity contribution < 1.29 is 9.47 Å². The van der Waals surface area contributed by atoms with Gasteiger partial charge in [0.05, 0.1) is 14.2 Å². The molecule has 0 spiro atoms. The van der Waals surface area contributed by atoms with Gasteiger partial charge in [-0.05, 0) is 31.3 Å². The van der Waals surface area contributed by atoms with Gasteiger partial charge in [-0.2, -0.15) is 0 Å². The fraction of sp³-hybridized carbons (Fsp3) is 0.400. The standard InChI is InChI=1S/C15H22N2O2S/c1-11(2)9-16-15(20)17(3)10-12-6-7-13(18-4)8-14(12)19-5/h6-8H,1,9-10H2,2-5H3,(H,16,20). The molecule has 5 heteroatoms. The molecule has 0 aliphatic carbocycles. The Bertz CT molecular complexity index is 489. The number of rotatable bonds is 6. The molecule has 1 N–H and O–H groups in total. The molecule has 0 saturated heterocycles. The third-order valence-corrected chi connectivity index (χ3v) is 3.25. The minimum atomic E-state index is 0.662. The van der Waals surface area contributed by atoms with Gasteiger partial charge >= 0.3 is 0 Å². The third kappa shape index (κ3) is 4.74. The molecule has 0 aliphatic heterocycles. The van der Waals surface area contributed by atoms with Gasteiger partial charge in [0.2, 0.25) is 0 Å². The molecule has 0 aromatic heterocycles. The number of nitrogens with zero attached hydrogens (tertiary/aromatic N) is 1. The van der Waals surface area contributed by atoms with E-state index in [4.69, 9.17) is 21.7 Å². The van der Waals surface area contributed by atoms with Gasteiger partial charge in [0.15, 0.2) is 5.11 Å². The summed E-state index contributed by atoms with van der Waals surface area (Å²) in [7, 11) is 5.23. The number of nitrogens with one attached hydrogen (secondary N) is 1. The van der Waals surface area contributed by atoms with E-state index in [1.165, 1.54) is 0 Å². The van der Waals surface area contributed by atoms with Crippen LogP contribution in [0, 0.1) is 0 Å². The van der Waals surface area contributed by atoms with E-state index >= 15 is 0 Å². The van der Waals surface area contributed by atoms with Crippen LogP contribution >= 0.6 is 12.2 Å². The van der Waals surface area contributed by atoms with Crippen LogP contribution in [0.4, 0.5) is 0 Å². The highest BCUT2D eigenvalue weighted by atomic mass is 32.1. The first-order valence-corrected chi connectivity index (χ1v) is 6.73. The average Bonchev–Trinajstić information content (AvgIpc) is 2.44. The molecular weight excluding hydrogens is 272 g/mol. The average molecular weight is 294 g/mol. The van der Waals surface area contributed by atoms with Crippen molar-refractivity contribution >= 4 is 17.3 Å². The largest absolute Gasteiger partial charge is 0.497 e. The summed E-state index contributed by atoms with van der Waals surface area (Å²) in [6, 6.07) is 5.76. The molecule has 0 bridgehead atoms. The van der Waals surface area contributed by atoms with Gasteiger partial charge in [-0.3, -0.25) is 0 Å². The summed E-state index contributed by atoms with van der Waals surface area (Å²) in [6.07, 6.45) is 0. The number of thiocarbonyl (C=S) groups is 1. The summed E-state index contributed by atoms with van der Waals surface area (Å²) >= 11 is 5.33. The summed E-state index contributed by atoms with van der Waals surface area (Å²) in [5, 5.41) is 3.84. The molecule has 0 amide bonds. The minimum absolute atomic E-state index is 0.662. The maximum absolute atomic E-state index is 5.38. The lowest BCUT2D eigenvalue weighted by atomic mass is 10.2. The van der Waals surface area contributed by atoms with E-state index in [9.17, 15) is 0 Å². The van der Waals surface area contributed by atoms with Gasteiger partial charge in [-0.15, -0.1) is 0 Å². The SMILES string of the molecule is C=C(C)CNC(=S)N(C)Cc1ccc(OC)cc1OC. The fourth-order valence-electron chi connectivity index (χ4n) is 1.67. The van der Waals surface area contributed by atoms with E-state index in [1.807, 2.05) is 37.1 Å². The zero-order valence-electron chi connectivity index (χ0n) is 12.5. The fourth-order valence-corrected chi connectivity index (χ4v) is 1.81. The predicted octanol–water partition coefficient (Wildman–Crippen LogP) is 2.59. The predicted molar refractivity (Wildman–Crippen MR) is 86.4 cm³/mol. The quantitative estimate of drug-likeness (QED) is 0.644. The van der Waals surface area contributed by atoms with E-state index in [-0.39, 0.29) is 0 Å². The van der Waals surface area contributed by atoms with Crippen LogP contribution in [-0.2, 0) is 6.54 Å². The molecule has 0 aliphatic rings. The van der Waals surface area contributed by atoms with E-state index in [1.54, 1.807) is 14.2 Å². The molecular formula is C15H22N2O2S. The topological polar surface area (TPSA) is 33.7 Å². The Balaban J connectivity index is 2.72. The summed E-state index contributed by atoms with van der Waals surface area (Å²) in [5.41, 5.74) is 2.10. The summed E-state index contributed by atoms with van der Waals surface area (Å²) < 4.78 is 10.6. The van der Waals surface area contributed by atoms with Gasteiger partial charge in [-0.25, -0.2) is 0 Å². The molecule has 0 unspecified atom stereocenters. The van der Waals surface area contributed by atoms with Crippen molar-refractivity contribution in [2.45, 2.75) is 13.5 Å². The highest BCUT2D eigenvalue weighted by molar-refractivity contribution is 7.80. The molecule has 1 aromatic carbocycles. The second-order valence-electron chi connectivity index (χ2n) is 4.65. The van der Waals surface area contributed by atoms with Crippen LogP contribution in [0.3, 0.4) is 0 Å². The molecule has 110 valence electrons. The lowest BCUT2D eigenvalue weighted by molar-refractivity contribution is 0.383. The van der Waals surface area contributed by atoms with Gasteiger partial charge in [0, 0.05) is 31.8 Å². The molecule has 0 fully saturated rings. The van der Waals surface area contributed by atoms with Crippen LogP contribution in [0.2, 0.25) is 0 Å². The number of hydrogen-bond acceptors (Lipinski definition) is 3. The molecule has 20 heavy (non-hydrogen) atoms. The van der Waals surface area contributed by atoms with Gasteiger partial charge in [-0.1, -0.05) is 12.2 Å². The highest BCUT2D eigenvalue weighted by Crippen LogP contribution is 2.25. The van der Waals surface area contributed by atoms with Crippen molar-refractivity contribution in [1.29, 1.82) is 0 Å². The van der Waals surface area contributed by atoms with Crippen molar-refractivity contribution in [3.05, 3.63) is 35.9 Å². The lowest BCUT2D eigenvalue weighted by Gasteiger charge is -2.22. The number of methoxy groups -OCH3 is 2. The van der Waals surface area contributed by atoms with Crippen LogP contribution in [0.25, 0.3) is 0 Å². The van der Waals surface area contributed by atoms with Crippen molar-refractivity contribution in [3.8, 4) is 11.5 Å². The summed E-state index contributed by atoms with van der Waals surface area (Å²) in [5.74, 6) is 1.56. The number of ether oxygens (including phenoxy) is 2. The Morgan fingerprint density at radius 1 is 1.35 bits per heavy atom. The summed E-state index contributed by atoms with van der Waals surface area (Å²) in [4.78, 5) is 1.96. The smallest absolute Gasteiger partial charge is 0.169 e. The Kier molecular flexibility index (Phi) is 6.31. The van der Waals surface area contributed by atoms with Gasteiger partial charge < -0.3 is 19.7 Å². The van der Waals surface area contributed by atoms with Crippen molar-refractivity contribution in [2.75, 3.05) is 27.8 Å². The number of benzene rings is 1. The Morgan fingerprint density at radius 2 is 2.05 bits per heavy atom. The number of hydrogen-bond donors (Lipinski definition) is 1. The summed E-state index contributed by atoms with van der Waals surface area (Å²) in [6.45, 7) is 7.15.